The van der Waals surface area contributed by atoms with Gasteiger partial charge in [0.05, 0.1) is 16.2 Å². The van der Waals surface area contributed by atoms with Gasteiger partial charge < -0.3 is 5.32 Å². The van der Waals surface area contributed by atoms with E-state index in [1.807, 2.05) is 19.9 Å². The molecule has 22 heavy (non-hydrogen) atoms. The van der Waals surface area contributed by atoms with Gasteiger partial charge in [-0.3, -0.25) is 4.79 Å². The summed E-state index contributed by atoms with van der Waals surface area (Å²) in [5, 5.41) is 2.93. The van der Waals surface area contributed by atoms with Gasteiger partial charge >= 0.3 is 0 Å². The minimum absolute atomic E-state index is 0.179. The average Bonchev–Trinajstić information content (AvgIpc) is 2.46. The second kappa shape index (κ2) is 6.66. The summed E-state index contributed by atoms with van der Waals surface area (Å²) in [6, 6.07) is 6.94. The van der Waals surface area contributed by atoms with E-state index in [0.717, 1.165) is 11.1 Å². The van der Waals surface area contributed by atoms with Crippen molar-refractivity contribution in [1.82, 2.24) is 0 Å². The molecule has 3 atom stereocenters. The van der Waals surface area contributed by atoms with Crippen molar-refractivity contribution < 1.29 is 4.79 Å². The number of hydrogen-bond donors (Lipinski definition) is 1. The third kappa shape index (κ3) is 3.34. The standard InChI is InChI=1S/C17H18Cl3NO/c1-10(2)17(20)9-8-11(3)14(15(17)19)16(22)21-13-6-4-12(18)5-7-13/h4-8,14-15H,1,9H2,2-3H3,(H,21,22). The summed E-state index contributed by atoms with van der Waals surface area (Å²) in [6.45, 7) is 7.66. The second-order valence-electron chi connectivity index (χ2n) is 5.67. The number of nitrogens with one attached hydrogen (secondary N) is 1. The first-order valence-electron chi connectivity index (χ1n) is 6.98. The fraction of sp³-hybridized carbons (Fsp3) is 0.353. The molecule has 0 bridgehead atoms. The summed E-state index contributed by atoms with van der Waals surface area (Å²) < 4.78 is 0. The summed E-state index contributed by atoms with van der Waals surface area (Å²) >= 11 is 19.0. The highest BCUT2D eigenvalue weighted by Gasteiger charge is 2.46. The molecule has 1 aliphatic carbocycles. The van der Waals surface area contributed by atoms with Gasteiger partial charge in [0.25, 0.3) is 0 Å². The van der Waals surface area contributed by atoms with E-state index >= 15 is 0 Å². The summed E-state index contributed by atoms with van der Waals surface area (Å²) in [5.74, 6) is -0.678. The number of anilines is 1. The molecule has 0 saturated carbocycles. The van der Waals surface area contributed by atoms with E-state index in [-0.39, 0.29) is 5.91 Å². The Balaban J connectivity index is 2.24. The Morgan fingerprint density at radius 2 is 1.95 bits per heavy atom. The van der Waals surface area contributed by atoms with Crippen molar-refractivity contribution in [2.75, 3.05) is 5.32 Å². The zero-order chi connectivity index (χ0) is 16.5. The lowest BCUT2D eigenvalue weighted by Gasteiger charge is -2.39. The zero-order valence-corrected chi connectivity index (χ0v) is 14.8. The van der Waals surface area contributed by atoms with E-state index in [9.17, 15) is 4.79 Å². The monoisotopic (exact) mass is 357 g/mol. The molecule has 0 aromatic heterocycles. The van der Waals surface area contributed by atoms with Crippen molar-refractivity contribution >= 4 is 46.4 Å². The van der Waals surface area contributed by atoms with Gasteiger partial charge in [0.15, 0.2) is 0 Å². The highest BCUT2D eigenvalue weighted by atomic mass is 35.5. The Kier molecular flexibility index (Phi) is 5.26. The molecule has 3 unspecified atom stereocenters. The van der Waals surface area contributed by atoms with Crippen LogP contribution in [0.4, 0.5) is 5.69 Å². The minimum atomic E-state index is -0.803. The molecule has 0 aliphatic heterocycles. The molecule has 5 heteroatoms. The quantitative estimate of drug-likeness (QED) is 0.568. The van der Waals surface area contributed by atoms with E-state index in [4.69, 9.17) is 34.8 Å². The van der Waals surface area contributed by atoms with Crippen LogP contribution in [0.25, 0.3) is 0 Å². The lowest BCUT2D eigenvalue weighted by atomic mass is 9.77. The van der Waals surface area contributed by atoms with Gasteiger partial charge in [-0.1, -0.05) is 35.4 Å². The molecule has 0 spiro atoms. The van der Waals surface area contributed by atoms with Gasteiger partial charge in [0.1, 0.15) is 0 Å². The van der Waals surface area contributed by atoms with Crippen molar-refractivity contribution in [1.29, 1.82) is 0 Å². The van der Waals surface area contributed by atoms with Crippen LogP contribution in [0.3, 0.4) is 0 Å². The number of benzene rings is 1. The van der Waals surface area contributed by atoms with Crippen molar-refractivity contribution in [2.45, 2.75) is 30.5 Å². The van der Waals surface area contributed by atoms with Crippen molar-refractivity contribution in [3.8, 4) is 0 Å². The van der Waals surface area contributed by atoms with E-state index in [0.29, 0.717) is 17.1 Å². The minimum Gasteiger partial charge on any atom is -0.326 e. The molecule has 1 aromatic rings. The molecule has 0 heterocycles. The highest BCUT2D eigenvalue weighted by molar-refractivity contribution is 6.35. The van der Waals surface area contributed by atoms with Crippen LogP contribution in [0.2, 0.25) is 5.02 Å². The van der Waals surface area contributed by atoms with Gasteiger partial charge in [-0.15, -0.1) is 23.2 Å². The number of carbonyl (C=O) groups excluding carboxylic acids is 1. The maximum atomic E-state index is 12.6. The third-order valence-corrected chi connectivity index (χ3v) is 5.75. The van der Waals surface area contributed by atoms with Gasteiger partial charge in [-0.25, -0.2) is 0 Å². The Hall–Kier alpha value is -0.960. The smallest absolute Gasteiger partial charge is 0.233 e. The first-order valence-corrected chi connectivity index (χ1v) is 8.17. The van der Waals surface area contributed by atoms with E-state index in [2.05, 4.69) is 11.9 Å². The largest absolute Gasteiger partial charge is 0.326 e. The molecular formula is C17H18Cl3NO. The van der Waals surface area contributed by atoms with Gasteiger partial charge in [-0.2, -0.15) is 0 Å². The summed E-state index contributed by atoms with van der Waals surface area (Å²) in [6.07, 6.45) is 2.54. The number of allylic oxidation sites excluding steroid dienone is 2. The van der Waals surface area contributed by atoms with E-state index < -0.39 is 16.2 Å². The topological polar surface area (TPSA) is 29.1 Å². The van der Waals surface area contributed by atoms with E-state index in [1.54, 1.807) is 24.3 Å². The maximum absolute atomic E-state index is 12.6. The molecule has 1 N–H and O–H groups in total. The van der Waals surface area contributed by atoms with Crippen LogP contribution in [-0.4, -0.2) is 16.2 Å². The molecule has 1 aromatic carbocycles. The zero-order valence-electron chi connectivity index (χ0n) is 12.5. The number of alkyl halides is 2. The molecular weight excluding hydrogens is 341 g/mol. The summed E-state index contributed by atoms with van der Waals surface area (Å²) in [4.78, 5) is 11.8. The Bertz CT molecular complexity index is 623. The number of carbonyl (C=O) groups is 1. The lowest BCUT2D eigenvalue weighted by Crippen LogP contribution is -2.46. The Morgan fingerprint density at radius 3 is 2.50 bits per heavy atom. The SMILES string of the molecule is C=C(C)C1(Cl)CC=C(C)C(C(=O)Nc2ccc(Cl)cc2)C1Cl. The van der Waals surface area contributed by atoms with Gasteiger partial charge in [0, 0.05) is 10.7 Å². The maximum Gasteiger partial charge on any atom is 0.233 e. The molecule has 2 rings (SSSR count). The van der Waals surface area contributed by atoms with Crippen LogP contribution in [0.5, 0.6) is 0 Å². The normalized spacial score (nSPS) is 28.0. The molecule has 0 radical (unpaired) electrons. The third-order valence-electron chi connectivity index (χ3n) is 4.05. The van der Waals surface area contributed by atoms with Crippen molar-refractivity contribution in [3.63, 3.8) is 0 Å². The molecule has 0 fully saturated rings. The first-order chi connectivity index (χ1) is 10.3. The number of amides is 1. The van der Waals surface area contributed by atoms with Crippen LogP contribution >= 0.6 is 34.8 Å². The average molecular weight is 359 g/mol. The van der Waals surface area contributed by atoms with Crippen LogP contribution in [0.15, 0.2) is 48.1 Å². The molecule has 118 valence electrons. The van der Waals surface area contributed by atoms with Crippen molar-refractivity contribution in [2.24, 2.45) is 5.92 Å². The predicted molar refractivity (Wildman–Crippen MR) is 95.0 cm³/mol. The predicted octanol–water partition coefficient (Wildman–Crippen LogP) is 5.41. The lowest BCUT2D eigenvalue weighted by molar-refractivity contribution is -0.119. The van der Waals surface area contributed by atoms with Crippen LogP contribution in [0.1, 0.15) is 20.3 Å². The van der Waals surface area contributed by atoms with Gasteiger partial charge in [-0.05, 0) is 44.5 Å². The second-order valence-corrected chi connectivity index (χ2v) is 7.25. The highest BCUT2D eigenvalue weighted by Crippen LogP contribution is 2.45. The fourth-order valence-corrected chi connectivity index (χ4v) is 3.46. The van der Waals surface area contributed by atoms with Crippen LogP contribution < -0.4 is 5.32 Å². The van der Waals surface area contributed by atoms with Crippen LogP contribution in [0, 0.1) is 5.92 Å². The fourth-order valence-electron chi connectivity index (χ4n) is 2.55. The van der Waals surface area contributed by atoms with Crippen molar-refractivity contribution in [3.05, 3.63) is 53.1 Å². The Morgan fingerprint density at radius 1 is 1.36 bits per heavy atom. The molecule has 1 aliphatic rings. The number of halogens is 3. The first kappa shape index (κ1) is 17.4. The van der Waals surface area contributed by atoms with Gasteiger partial charge in [0.2, 0.25) is 5.91 Å². The Labute approximate surface area is 146 Å². The summed E-state index contributed by atoms with van der Waals surface area (Å²) in [7, 11) is 0. The molecule has 0 saturated heterocycles. The molecule has 1 amide bonds. The molecule has 2 nitrogen and oxygen atoms in total. The summed E-state index contributed by atoms with van der Waals surface area (Å²) in [5.41, 5.74) is 2.36. The number of rotatable bonds is 3. The van der Waals surface area contributed by atoms with E-state index in [1.165, 1.54) is 0 Å². The van der Waals surface area contributed by atoms with Crippen LogP contribution in [-0.2, 0) is 4.79 Å². The number of hydrogen-bond acceptors (Lipinski definition) is 1.